The van der Waals surface area contributed by atoms with Crippen molar-refractivity contribution in [1.29, 1.82) is 0 Å². The first-order chi connectivity index (χ1) is 10.2. The smallest absolute Gasteiger partial charge is 0.410 e. The van der Waals surface area contributed by atoms with Crippen LogP contribution in [0.3, 0.4) is 0 Å². The van der Waals surface area contributed by atoms with Gasteiger partial charge in [0.1, 0.15) is 17.2 Å². The molecule has 0 radical (unpaired) electrons. The van der Waals surface area contributed by atoms with Crippen molar-refractivity contribution in [1.82, 2.24) is 14.9 Å². The number of rotatable bonds is 1. The van der Waals surface area contributed by atoms with Crippen molar-refractivity contribution in [3.63, 3.8) is 0 Å². The summed E-state index contributed by atoms with van der Waals surface area (Å²) in [5.41, 5.74) is 1.54. The highest BCUT2D eigenvalue weighted by Gasteiger charge is 2.35. The van der Waals surface area contributed by atoms with Gasteiger partial charge in [0.15, 0.2) is 0 Å². The number of carbonyl (C=O) groups excluding carboxylic acids is 1. The minimum Gasteiger partial charge on any atom is -0.444 e. The molecule has 0 aliphatic carbocycles. The molecule has 0 aromatic carbocycles. The van der Waals surface area contributed by atoms with Crippen molar-refractivity contribution in [2.75, 3.05) is 11.4 Å². The topological polar surface area (TPSA) is 58.6 Å². The molecule has 3 heterocycles. The fourth-order valence-corrected chi connectivity index (χ4v) is 2.88. The third kappa shape index (κ3) is 2.74. The molecule has 0 spiro atoms. The Morgan fingerprint density at radius 1 is 1.27 bits per heavy atom. The quantitative estimate of drug-likeness (QED) is 0.798. The third-order valence-corrected chi connectivity index (χ3v) is 4.12. The largest absolute Gasteiger partial charge is 0.444 e. The van der Waals surface area contributed by atoms with Gasteiger partial charge < -0.3 is 9.64 Å². The van der Waals surface area contributed by atoms with Gasteiger partial charge in [-0.25, -0.2) is 14.8 Å². The number of fused-ring (bicyclic) bond motifs is 1. The van der Waals surface area contributed by atoms with Crippen LogP contribution in [0.2, 0.25) is 0 Å². The summed E-state index contributed by atoms with van der Waals surface area (Å²) in [5, 5.41) is 0. The Hall–Kier alpha value is -1.85. The highest BCUT2D eigenvalue weighted by Crippen LogP contribution is 2.34. The summed E-state index contributed by atoms with van der Waals surface area (Å²) < 4.78 is 5.47. The monoisotopic (exact) mass is 304 g/mol. The summed E-state index contributed by atoms with van der Waals surface area (Å²) >= 11 is 0. The molecule has 1 atom stereocenters. The molecule has 2 aliphatic heterocycles. The zero-order valence-corrected chi connectivity index (χ0v) is 14.0. The molecular formula is C16H24N4O2. The zero-order valence-electron chi connectivity index (χ0n) is 14.0. The van der Waals surface area contributed by atoms with Crippen LogP contribution in [0.15, 0.2) is 0 Å². The maximum Gasteiger partial charge on any atom is 0.410 e. The Balaban J connectivity index is 1.83. The molecule has 0 saturated carbocycles. The normalized spacial score (nSPS) is 20.7. The molecule has 1 aromatic heterocycles. The molecule has 1 saturated heterocycles. The summed E-state index contributed by atoms with van der Waals surface area (Å²) in [5.74, 6) is 1.76. The number of aryl methyl sites for hydroxylation is 1. The van der Waals surface area contributed by atoms with Gasteiger partial charge in [0.25, 0.3) is 0 Å². The van der Waals surface area contributed by atoms with Crippen LogP contribution in [0.4, 0.5) is 10.6 Å². The Bertz CT molecular complexity index is 609. The van der Waals surface area contributed by atoms with Crippen molar-refractivity contribution in [2.45, 2.75) is 65.8 Å². The minimum atomic E-state index is -0.484. The van der Waals surface area contributed by atoms with Crippen LogP contribution in [-0.4, -0.2) is 39.1 Å². The van der Waals surface area contributed by atoms with Crippen LogP contribution >= 0.6 is 0 Å². The fourth-order valence-electron chi connectivity index (χ4n) is 2.88. The van der Waals surface area contributed by atoms with Crippen molar-refractivity contribution < 1.29 is 9.53 Å². The van der Waals surface area contributed by atoms with Gasteiger partial charge in [-0.15, -0.1) is 0 Å². The molecule has 22 heavy (non-hydrogen) atoms. The standard InChI is InChI=1S/C16H24N4O2/c1-10-6-7-20(10)14-12-8-19(15(21)22-16(3,4)5)9-13(12)17-11(2)18-14/h10H,6-9H2,1-5H3/t10-/m0/s1. The van der Waals surface area contributed by atoms with Gasteiger partial charge >= 0.3 is 6.09 Å². The number of ether oxygens (including phenoxy) is 1. The number of amides is 1. The van der Waals surface area contributed by atoms with E-state index in [-0.39, 0.29) is 6.09 Å². The first-order valence-electron chi connectivity index (χ1n) is 7.85. The molecule has 120 valence electrons. The summed E-state index contributed by atoms with van der Waals surface area (Å²) in [6.07, 6.45) is 0.902. The van der Waals surface area contributed by atoms with E-state index in [1.165, 1.54) is 6.42 Å². The summed E-state index contributed by atoms with van der Waals surface area (Å²) in [7, 11) is 0. The van der Waals surface area contributed by atoms with Gasteiger partial charge in [-0.1, -0.05) is 0 Å². The zero-order chi connectivity index (χ0) is 16.1. The van der Waals surface area contributed by atoms with Gasteiger partial charge in [0.2, 0.25) is 0 Å². The second kappa shape index (κ2) is 5.11. The van der Waals surface area contributed by atoms with E-state index in [1.54, 1.807) is 4.90 Å². The fraction of sp³-hybridized carbons (Fsp3) is 0.688. The van der Waals surface area contributed by atoms with E-state index in [9.17, 15) is 4.79 Å². The average Bonchev–Trinajstić information content (AvgIpc) is 2.78. The first-order valence-corrected chi connectivity index (χ1v) is 7.85. The van der Waals surface area contributed by atoms with E-state index in [2.05, 4.69) is 21.8 Å². The minimum absolute atomic E-state index is 0.286. The molecule has 1 amide bonds. The molecule has 6 nitrogen and oxygen atoms in total. The van der Waals surface area contributed by atoms with Crippen molar-refractivity contribution in [2.24, 2.45) is 0 Å². The number of anilines is 1. The van der Waals surface area contributed by atoms with E-state index in [0.29, 0.717) is 19.1 Å². The Morgan fingerprint density at radius 2 is 2.00 bits per heavy atom. The van der Waals surface area contributed by atoms with E-state index in [1.807, 2.05) is 27.7 Å². The van der Waals surface area contributed by atoms with Crippen LogP contribution in [0, 0.1) is 6.92 Å². The maximum atomic E-state index is 12.3. The van der Waals surface area contributed by atoms with Crippen LogP contribution in [0.25, 0.3) is 0 Å². The Kier molecular flexibility index (Phi) is 3.50. The molecule has 1 fully saturated rings. The molecule has 0 unspecified atom stereocenters. The highest BCUT2D eigenvalue weighted by molar-refractivity contribution is 5.70. The van der Waals surface area contributed by atoms with Crippen molar-refractivity contribution in [3.8, 4) is 0 Å². The lowest BCUT2D eigenvalue weighted by atomic mass is 10.0. The predicted octanol–water partition coefficient (Wildman–Crippen LogP) is 2.63. The number of hydrogen-bond donors (Lipinski definition) is 0. The maximum absolute atomic E-state index is 12.3. The SMILES string of the molecule is Cc1nc2c(c(N3CC[C@@H]3C)n1)CN(C(=O)OC(C)(C)C)C2. The molecule has 2 aliphatic rings. The van der Waals surface area contributed by atoms with Crippen LogP contribution in [-0.2, 0) is 17.8 Å². The van der Waals surface area contributed by atoms with Gasteiger partial charge in [0.05, 0.1) is 18.8 Å². The molecule has 1 aromatic rings. The average molecular weight is 304 g/mol. The summed E-state index contributed by atoms with van der Waals surface area (Å²) in [4.78, 5) is 25.4. The van der Waals surface area contributed by atoms with Crippen molar-refractivity contribution >= 4 is 11.9 Å². The van der Waals surface area contributed by atoms with Crippen LogP contribution < -0.4 is 4.90 Å². The first kappa shape index (κ1) is 15.1. The van der Waals surface area contributed by atoms with E-state index >= 15 is 0 Å². The predicted molar refractivity (Wildman–Crippen MR) is 83.7 cm³/mol. The molecule has 0 bridgehead atoms. The lowest BCUT2D eigenvalue weighted by molar-refractivity contribution is 0.0240. The Morgan fingerprint density at radius 3 is 2.55 bits per heavy atom. The van der Waals surface area contributed by atoms with Gasteiger partial charge in [-0.2, -0.15) is 0 Å². The molecule has 3 rings (SSSR count). The third-order valence-electron chi connectivity index (χ3n) is 4.12. The molecular weight excluding hydrogens is 280 g/mol. The van der Waals surface area contributed by atoms with E-state index in [4.69, 9.17) is 4.74 Å². The second-order valence-electron chi connectivity index (χ2n) is 7.19. The lowest BCUT2D eigenvalue weighted by Crippen LogP contribution is -2.47. The van der Waals surface area contributed by atoms with Gasteiger partial charge in [-0.3, -0.25) is 4.90 Å². The number of hydrogen-bond acceptors (Lipinski definition) is 5. The number of aromatic nitrogens is 2. The molecule has 0 N–H and O–H groups in total. The second-order valence-corrected chi connectivity index (χ2v) is 7.19. The lowest BCUT2D eigenvalue weighted by Gasteiger charge is -2.40. The summed E-state index contributed by atoms with van der Waals surface area (Å²) in [6, 6.07) is 0.508. The number of carbonyl (C=O) groups is 1. The Labute approximate surface area is 131 Å². The van der Waals surface area contributed by atoms with Gasteiger partial charge in [-0.05, 0) is 41.0 Å². The van der Waals surface area contributed by atoms with Crippen molar-refractivity contribution in [3.05, 3.63) is 17.1 Å². The van der Waals surface area contributed by atoms with Crippen LogP contribution in [0.1, 0.15) is 51.2 Å². The highest BCUT2D eigenvalue weighted by atomic mass is 16.6. The van der Waals surface area contributed by atoms with Crippen LogP contribution in [0.5, 0.6) is 0 Å². The van der Waals surface area contributed by atoms with E-state index in [0.717, 1.165) is 29.4 Å². The number of nitrogens with zero attached hydrogens (tertiary/aromatic N) is 4. The van der Waals surface area contributed by atoms with E-state index < -0.39 is 5.60 Å². The summed E-state index contributed by atoms with van der Waals surface area (Å²) in [6.45, 7) is 11.8. The molecule has 6 heteroatoms. The van der Waals surface area contributed by atoms with Gasteiger partial charge in [0, 0.05) is 18.2 Å².